The Labute approximate surface area is 123 Å². The minimum atomic E-state index is -0.0777. The van der Waals surface area contributed by atoms with Gasteiger partial charge in [-0.15, -0.1) is 0 Å². The molecule has 108 valence electrons. The summed E-state index contributed by atoms with van der Waals surface area (Å²) >= 11 is 0. The number of para-hydroxylation sites is 1. The fourth-order valence-corrected chi connectivity index (χ4v) is 2.51. The zero-order valence-corrected chi connectivity index (χ0v) is 12.2. The quantitative estimate of drug-likeness (QED) is 0.777. The predicted molar refractivity (Wildman–Crippen MR) is 82.5 cm³/mol. The van der Waals surface area contributed by atoms with Crippen LogP contribution in [0.5, 0.6) is 5.88 Å². The number of benzene rings is 1. The Morgan fingerprint density at radius 2 is 2.10 bits per heavy atom. The van der Waals surface area contributed by atoms with Crippen molar-refractivity contribution in [2.45, 2.75) is 13.0 Å². The molecule has 3 aromatic rings. The van der Waals surface area contributed by atoms with Gasteiger partial charge in [-0.1, -0.05) is 31.2 Å². The lowest BCUT2D eigenvalue weighted by Crippen LogP contribution is -2.22. The average molecular weight is 282 g/mol. The van der Waals surface area contributed by atoms with Crippen molar-refractivity contribution < 1.29 is 9.15 Å². The number of nitrogens with one attached hydrogen (secondary N) is 1. The largest absolute Gasteiger partial charge is 0.481 e. The van der Waals surface area contributed by atoms with Gasteiger partial charge in [0.1, 0.15) is 11.3 Å². The summed E-state index contributed by atoms with van der Waals surface area (Å²) in [4.78, 5) is 4.28. The van der Waals surface area contributed by atoms with Crippen molar-refractivity contribution in [1.29, 1.82) is 0 Å². The van der Waals surface area contributed by atoms with Crippen molar-refractivity contribution >= 4 is 11.0 Å². The minimum Gasteiger partial charge on any atom is -0.481 e. The summed E-state index contributed by atoms with van der Waals surface area (Å²) < 4.78 is 11.4. The summed E-state index contributed by atoms with van der Waals surface area (Å²) in [7, 11) is 1.63. The summed E-state index contributed by atoms with van der Waals surface area (Å²) in [5.41, 5.74) is 1.86. The molecule has 0 saturated carbocycles. The zero-order chi connectivity index (χ0) is 14.7. The molecule has 0 aliphatic carbocycles. The van der Waals surface area contributed by atoms with Crippen LogP contribution in [-0.2, 0) is 0 Å². The molecule has 0 aliphatic heterocycles. The molecule has 0 aliphatic rings. The Balaban J connectivity index is 2.08. The fourth-order valence-electron chi connectivity index (χ4n) is 2.51. The van der Waals surface area contributed by atoms with Crippen LogP contribution in [0.2, 0.25) is 0 Å². The van der Waals surface area contributed by atoms with Crippen LogP contribution in [0.4, 0.5) is 0 Å². The van der Waals surface area contributed by atoms with E-state index in [1.807, 2.05) is 36.4 Å². The Hall–Kier alpha value is -2.33. The van der Waals surface area contributed by atoms with Crippen molar-refractivity contribution in [3.63, 3.8) is 0 Å². The molecule has 3 rings (SSSR count). The van der Waals surface area contributed by atoms with Gasteiger partial charge in [-0.3, -0.25) is 0 Å². The summed E-state index contributed by atoms with van der Waals surface area (Å²) in [6.07, 6.45) is 1.73. The van der Waals surface area contributed by atoms with Crippen LogP contribution in [0.1, 0.15) is 24.3 Å². The van der Waals surface area contributed by atoms with Gasteiger partial charge in [0.15, 0.2) is 0 Å². The third-order valence-corrected chi connectivity index (χ3v) is 3.44. The number of fused-ring (bicyclic) bond motifs is 1. The van der Waals surface area contributed by atoms with E-state index in [0.29, 0.717) is 5.88 Å². The van der Waals surface area contributed by atoms with Crippen molar-refractivity contribution in [3.8, 4) is 5.88 Å². The van der Waals surface area contributed by atoms with Gasteiger partial charge >= 0.3 is 0 Å². The van der Waals surface area contributed by atoms with E-state index in [2.05, 4.69) is 23.3 Å². The van der Waals surface area contributed by atoms with E-state index in [-0.39, 0.29) is 6.04 Å². The number of aromatic nitrogens is 1. The number of methoxy groups -OCH3 is 1. The van der Waals surface area contributed by atoms with Crippen LogP contribution in [-0.4, -0.2) is 18.6 Å². The van der Waals surface area contributed by atoms with E-state index in [4.69, 9.17) is 9.15 Å². The molecule has 1 atom stereocenters. The molecule has 4 heteroatoms. The van der Waals surface area contributed by atoms with Gasteiger partial charge in [-0.25, -0.2) is 4.98 Å². The summed E-state index contributed by atoms with van der Waals surface area (Å²) in [6, 6.07) is 13.9. The first kappa shape index (κ1) is 13.6. The third-order valence-electron chi connectivity index (χ3n) is 3.44. The fraction of sp³-hybridized carbons (Fsp3) is 0.235. The number of nitrogens with zero attached hydrogens (tertiary/aromatic N) is 1. The topological polar surface area (TPSA) is 47.3 Å². The first-order valence-corrected chi connectivity index (χ1v) is 7.04. The SMILES string of the molecule is CCNC(c1cc2ccccc2o1)c1cccnc1OC. The van der Waals surface area contributed by atoms with Crippen molar-refractivity contribution in [3.05, 3.63) is 60.0 Å². The average Bonchev–Trinajstić information content (AvgIpc) is 2.96. The lowest BCUT2D eigenvalue weighted by atomic mass is 10.1. The highest BCUT2D eigenvalue weighted by Crippen LogP contribution is 2.31. The number of hydrogen-bond donors (Lipinski definition) is 1. The molecule has 0 radical (unpaired) electrons. The van der Waals surface area contributed by atoms with Crippen molar-refractivity contribution in [1.82, 2.24) is 10.3 Å². The van der Waals surface area contributed by atoms with E-state index >= 15 is 0 Å². The summed E-state index contributed by atoms with van der Waals surface area (Å²) in [6.45, 7) is 2.89. The van der Waals surface area contributed by atoms with Crippen LogP contribution in [0.15, 0.2) is 53.1 Å². The standard InChI is InChI=1S/C17H18N2O2/c1-3-18-16(13-8-6-10-19-17(13)20-2)15-11-12-7-4-5-9-14(12)21-15/h4-11,16,18H,3H2,1-2H3. The molecule has 0 amide bonds. The normalized spacial score (nSPS) is 12.5. The Morgan fingerprint density at radius 3 is 2.86 bits per heavy atom. The second-order valence-corrected chi connectivity index (χ2v) is 4.78. The van der Waals surface area contributed by atoms with Gasteiger partial charge in [0.25, 0.3) is 0 Å². The van der Waals surface area contributed by atoms with Crippen LogP contribution in [0.3, 0.4) is 0 Å². The molecular weight excluding hydrogens is 264 g/mol. The highest BCUT2D eigenvalue weighted by molar-refractivity contribution is 5.78. The van der Waals surface area contributed by atoms with Gasteiger partial charge in [0.05, 0.1) is 13.2 Å². The Morgan fingerprint density at radius 1 is 1.24 bits per heavy atom. The van der Waals surface area contributed by atoms with Gasteiger partial charge in [-0.2, -0.15) is 0 Å². The van der Waals surface area contributed by atoms with E-state index in [9.17, 15) is 0 Å². The Kier molecular flexibility index (Phi) is 3.88. The second kappa shape index (κ2) is 5.97. The summed E-state index contributed by atoms with van der Waals surface area (Å²) in [5, 5.41) is 4.53. The van der Waals surface area contributed by atoms with Gasteiger partial charge in [0, 0.05) is 17.1 Å². The molecule has 4 nitrogen and oxygen atoms in total. The maximum atomic E-state index is 5.99. The number of rotatable bonds is 5. The molecule has 0 fully saturated rings. The predicted octanol–water partition coefficient (Wildman–Crippen LogP) is 3.54. The summed E-state index contributed by atoms with van der Waals surface area (Å²) in [5.74, 6) is 1.48. The minimum absolute atomic E-state index is 0.0777. The van der Waals surface area contributed by atoms with Crippen LogP contribution < -0.4 is 10.1 Å². The van der Waals surface area contributed by atoms with Crippen LogP contribution in [0, 0.1) is 0 Å². The second-order valence-electron chi connectivity index (χ2n) is 4.78. The van der Waals surface area contributed by atoms with E-state index in [1.165, 1.54) is 0 Å². The molecule has 2 heterocycles. The van der Waals surface area contributed by atoms with Gasteiger partial charge < -0.3 is 14.5 Å². The molecule has 1 N–H and O–H groups in total. The van der Waals surface area contributed by atoms with Crippen molar-refractivity contribution in [2.24, 2.45) is 0 Å². The van der Waals surface area contributed by atoms with Crippen LogP contribution in [0.25, 0.3) is 11.0 Å². The van der Waals surface area contributed by atoms with E-state index < -0.39 is 0 Å². The highest BCUT2D eigenvalue weighted by atomic mass is 16.5. The van der Waals surface area contributed by atoms with Crippen LogP contribution >= 0.6 is 0 Å². The third kappa shape index (κ3) is 2.62. The van der Waals surface area contributed by atoms with Crippen molar-refractivity contribution in [2.75, 3.05) is 13.7 Å². The monoisotopic (exact) mass is 282 g/mol. The molecule has 0 saturated heterocycles. The Bertz CT molecular complexity index is 703. The van der Waals surface area contributed by atoms with Gasteiger partial charge in [-0.05, 0) is 24.7 Å². The molecule has 0 bridgehead atoms. The molecule has 0 spiro atoms. The first-order valence-electron chi connectivity index (χ1n) is 7.04. The van der Waals surface area contributed by atoms with Gasteiger partial charge in [0.2, 0.25) is 5.88 Å². The number of hydrogen-bond acceptors (Lipinski definition) is 4. The maximum Gasteiger partial charge on any atom is 0.218 e. The number of pyridine rings is 1. The number of furan rings is 1. The molecule has 21 heavy (non-hydrogen) atoms. The molecule has 1 unspecified atom stereocenters. The smallest absolute Gasteiger partial charge is 0.218 e. The maximum absolute atomic E-state index is 5.99. The molecule has 1 aromatic carbocycles. The zero-order valence-electron chi connectivity index (χ0n) is 12.2. The van der Waals surface area contributed by atoms with E-state index in [0.717, 1.165) is 28.8 Å². The lowest BCUT2D eigenvalue weighted by molar-refractivity contribution is 0.381. The lowest BCUT2D eigenvalue weighted by Gasteiger charge is -2.17. The highest BCUT2D eigenvalue weighted by Gasteiger charge is 2.21. The van der Waals surface area contributed by atoms with E-state index in [1.54, 1.807) is 13.3 Å². The molecule has 2 aromatic heterocycles. The first-order chi connectivity index (χ1) is 10.3. The molecular formula is C17H18N2O2. The number of ether oxygens (including phenoxy) is 1.